The summed E-state index contributed by atoms with van der Waals surface area (Å²) in [4.78, 5) is 34.8. The van der Waals surface area contributed by atoms with Gasteiger partial charge in [0.05, 0.1) is 0 Å². The molecule has 17 heavy (non-hydrogen) atoms. The molecule has 0 aromatic heterocycles. The molecule has 1 saturated heterocycles. The van der Waals surface area contributed by atoms with Crippen molar-refractivity contribution >= 4 is 23.5 Å². The summed E-state index contributed by atoms with van der Waals surface area (Å²) in [7, 11) is 0. The summed E-state index contributed by atoms with van der Waals surface area (Å²) in [6.07, 6.45) is 0.267. The topological polar surface area (TPSA) is 92.5 Å². The number of hydrogen-bond acceptors (Lipinski definition) is 3. The van der Waals surface area contributed by atoms with E-state index in [0.29, 0.717) is 17.8 Å². The van der Waals surface area contributed by atoms with Crippen molar-refractivity contribution in [3.8, 4) is 0 Å². The predicted octanol–water partition coefficient (Wildman–Crippen LogP) is 0.232. The lowest BCUT2D eigenvalue weighted by Crippen LogP contribution is -2.49. The number of imide groups is 1. The van der Waals surface area contributed by atoms with Crippen LogP contribution < -0.4 is 16.0 Å². The van der Waals surface area contributed by atoms with E-state index in [1.54, 1.807) is 24.3 Å². The van der Waals surface area contributed by atoms with Crippen molar-refractivity contribution in [3.63, 3.8) is 0 Å². The van der Waals surface area contributed by atoms with E-state index in [4.69, 9.17) is 5.73 Å². The fourth-order valence-corrected chi connectivity index (χ4v) is 1.62. The second-order valence-electron chi connectivity index (χ2n) is 3.67. The maximum Gasteiger partial charge on any atom is 0.328 e. The minimum Gasteiger partial charge on any atom is -0.366 e. The number of benzene rings is 1. The van der Waals surface area contributed by atoms with E-state index in [9.17, 15) is 14.4 Å². The molecule has 3 N–H and O–H groups in total. The van der Waals surface area contributed by atoms with Crippen LogP contribution in [0.15, 0.2) is 24.3 Å². The van der Waals surface area contributed by atoms with Gasteiger partial charge >= 0.3 is 6.03 Å². The van der Waals surface area contributed by atoms with Gasteiger partial charge in [0, 0.05) is 24.2 Å². The van der Waals surface area contributed by atoms with Crippen molar-refractivity contribution in [1.29, 1.82) is 0 Å². The number of urea groups is 1. The van der Waals surface area contributed by atoms with Crippen LogP contribution in [0.3, 0.4) is 0 Å². The number of carbonyl (C=O) groups is 3. The van der Waals surface area contributed by atoms with Crippen LogP contribution in [0.2, 0.25) is 0 Å². The van der Waals surface area contributed by atoms with E-state index >= 15 is 0 Å². The third-order valence-corrected chi connectivity index (χ3v) is 2.52. The molecule has 6 nitrogen and oxygen atoms in total. The van der Waals surface area contributed by atoms with Crippen molar-refractivity contribution in [1.82, 2.24) is 5.32 Å². The van der Waals surface area contributed by atoms with Crippen molar-refractivity contribution in [2.45, 2.75) is 6.42 Å². The van der Waals surface area contributed by atoms with E-state index in [1.807, 2.05) is 0 Å². The second-order valence-corrected chi connectivity index (χ2v) is 3.67. The van der Waals surface area contributed by atoms with Crippen molar-refractivity contribution in [2.24, 2.45) is 5.73 Å². The zero-order chi connectivity index (χ0) is 12.4. The molecule has 1 aliphatic heterocycles. The highest BCUT2D eigenvalue weighted by molar-refractivity contribution is 6.05. The summed E-state index contributed by atoms with van der Waals surface area (Å²) >= 11 is 0. The monoisotopic (exact) mass is 233 g/mol. The van der Waals surface area contributed by atoms with E-state index in [1.165, 1.54) is 4.90 Å². The van der Waals surface area contributed by atoms with E-state index < -0.39 is 11.9 Å². The molecule has 0 bridgehead atoms. The number of hydrogen-bond donors (Lipinski definition) is 2. The van der Waals surface area contributed by atoms with Crippen molar-refractivity contribution in [2.75, 3.05) is 11.4 Å². The number of rotatable bonds is 2. The van der Waals surface area contributed by atoms with Crippen molar-refractivity contribution in [3.05, 3.63) is 29.8 Å². The normalized spacial score (nSPS) is 15.6. The summed E-state index contributed by atoms with van der Waals surface area (Å²) in [6.45, 7) is 0.334. The quantitative estimate of drug-likeness (QED) is 0.765. The van der Waals surface area contributed by atoms with Gasteiger partial charge in [-0.3, -0.25) is 19.8 Å². The molecule has 2 rings (SSSR count). The van der Waals surface area contributed by atoms with Crippen LogP contribution in [0.5, 0.6) is 0 Å². The van der Waals surface area contributed by atoms with Gasteiger partial charge in [-0.05, 0) is 24.3 Å². The lowest BCUT2D eigenvalue weighted by molar-refractivity contribution is -0.120. The molecule has 0 spiro atoms. The Hall–Kier alpha value is -2.37. The number of anilines is 1. The Labute approximate surface area is 97.4 Å². The van der Waals surface area contributed by atoms with E-state index in [-0.39, 0.29) is 12.3 Å². The number of nitrogens with zero attached hydrogens (tertiary/aromatic N) is 1. The molecule has 6 heteroatoms. The fourth-order valence-electron chi connectivity index (χ4n) is 1.62. The molecule has 0 saturated carbocycles. The van der Waals surface area contributed by atoms with Gasteiger partial charge in [0.25, 0.3) is 0 Å². The second kappa shape index (κ2) is 4.25. The first kappa shape index (κ1) is 11.1. The minimum atomic E-state index is -0.519. The van der Waals surface area contributed by atoms with Gasteiger partial charge in [0.1, 0.15) is 0 Å². The van der Waals surface area contributed by atoms with Gasteiger partial charge in [-0.2, -0.15) is 0 Å². The SMILES string of the molecule is NC(=O)c1ccc(N2CCC(=O)NC2=O)cc1. The first-order valence-corrected chi connectivity index (χ1v) is 5.09. The lowest BCUT2D eigenvalue weighted by atomic mass is 10.1. The molecular weight excluding hydrogens is 222 g/mol. The van der Waals surface area contributed by atoms with Gasteiger partial charge in [-0.25, -0.2) is 4.79 Å². The summed E-state index contributed by atoms with van der Waals surface area (Å²) in [5.41, 5.74) is 6.11. The summed E-state index contributed by atoms with van der Waals surface area (Å²) < 4.78 is 0. The number of nitrogens with two attached hydrogens (primary N) is 1. The lowest BCUT2D eigenvalue weighted by Gasteiger charge is -2.26. The summed E-state index contributed by atoms with van der Waals surface area (Å²) in [5, 5.41) is 2.22. The Morgan fingerprint density at radius 1 is 1.24 bits per heavy atom. The largest absolute Gasteiger partial charge is 0.366 e. The average Bonchev–Trinajstić information content (AvgIpc) is 2.29. The molecular formula is C11H11N3O3. The molecule has 0 unspecified atom stereocenters. The number of amides is 4. The Morgan fingerprint density at radius 3 is 2.41 bits per heavy atom. The highest BCUT2D eigenvalue weighted by Crippen LogP contribution is 2.17. The molecule has 1 fully saturated rings. The molecule has 0 atom stereocenters. The van der Waals surface area contributed by atoms with Crippen LogP contribution >= 0.6 is 0 Å². The number of nitrogens with one attached hydrogen (secondary N) is 1. The first-order chi connectivity index (χ1) is 8.08. The van der Waals surface area contributed by atoms with E-state index in [0.717, 1.165) is 0 Å². The fraction of sp³-hybridized carbons (Fsp3) is 0.182. The Kier molecular flexibility index (Phi) is 2.78. The zero-order valence-electron chi connectivity index (χ0n) is 8.97. The standard InChI is InChI=1S/C11H11N3O3/c12-10(16)7-1-3-8(4-2-7)14-6-5-9(15)13-11(14)17/h1-4H,5-6H2,(H2,12,16)(H,13,15,17). The maximum absolute atomic E-state index is 11.5. The molecule has 1 heterocycles. The molecule has 88 valence electrons. The molecule has 4 amide bonds. The maximum atomic E-state index is 11.5. The van der Waals surface area contributed by atoms with Gasteiger partial charge in [-0.1, -0.05) is 0 Å². The molecule has 1 aliphatic rings. The minimum absolute atomic E-state index is 0.267. The molecule has 1 aromatic carbocycles. The van der Waals surface area contributed by atoms with Crippen molar-refractivity contribution < 1.29 is 14.4 Å². The number of carbonyl (C=O) groups excluding carboxylic acids is 3. The van der Waals surface area contributed by atoms with Gasteiger partial charge in [0.15, 0.2) is 0 Å². The number of primary amides is 1. The van der Waals surface area contributed by atoms with E-state index in [2.05, 4.69) is 5.32 Å². The van der Waals surface area contributed by atoms with Crippen LogP contribution in [0.4, 0.5) is 10.5 Å². The zero-order valence-corrected chi connectivity index (χ0v) is 8.97. The Balaban J connectivity index is 2.20. The summed E-state index contributed by atoms with van der Waals surface area (Å²) in [6, 6.07) is 5.88. The van der Waals surface area contributed by atoms with Crippen LogP contribution in [0.1, 0.15) is 16.8 Å². The smallest absolute Gasteiger partial charge is 0.328 e. The third-order valence-electron chi connectivity index (χ3n) is 2.52. The first-order valence-electron chi connectivity index (χ1n) is 5.09. The highest BCUT2D eigenvalue weighted by atomic mass is 16.2. The van der Waals surface area contributed by atoms with Crippen LogP contribution in [0.25, 0.3) is 0 Å². The Morgan fingerprint density at radius 2 is 1.88 bits per heavy atom. The van der Waals surface area contributed by atoms with Crippen LogP contribution in [0, 0.1) is 0 Å². The average molecular weight is 233 g/mol. The van der Waals surface area contributed by atoms with Crippen LogP contribution in [-0.4, -0.2) is 24.4 Å². The van der Waals surface area contributed by atoms with Gasteiger partial charge < -0.3 is 5.73 Å². The summed E-state index contributed by atoms with van der Waals surface area (Å²) in [5.74, 6) is -0.796. The highest BCUT2D eigenvalue weighted by Gasteiger charge is 2.23. The van der Waals surface area contributed by atoms with Crippen LogP contribution in [-0.2, 0) is 4.79 Å². The molecule has 1 aromatic rings. The third kappa shape index (κ3) is 2.25. The van der Waals surface area contributed by atoms with Gasteiger partial charge in [-0.15, -0.1) is 0 Å². The predicted molar refractivity (Wildman–Crippen MR) is 60.5 cm³/mol. The molecule has 0 aliphatic carbocycles. The van der Waals surface area contributed by atoms with Gasteiger partial charge in [0.2, 0.25) is 11.8 Å². The molecule has 0 radical (unpaired) electrons. The Bertz CT molecular complexity index is 481.